The predicted octanol–water partition coefficient (Wildman–Crippen LogP) is 17.7. The molecule has 1 N–H and O–H groups in total. The third-order valence-corrected chi connectivity index (χ3v) is 16.9. The summed E-state index contributed by atoms with van der Waals surface area (Å²) in [6, 6.07) is 74.9. The normalized spacial score (nSPS) is 18.8. The number of aryl methyl sites for hydroxylation is 1. The number of fused-ring (bicyclic) bond motifs is 13. The van der Waals surface area contributed by atoms with Gasteiger partial charge in [0.2, 0.25) is 0 Å². The molecule has 2 heteroatoms. The summed E-state index contributed by atoms with van der Waals surface area (Å²) in [4.78, 5) is 0. The van der Waals surface area contributed by atoms with Crippen LogP contribution in [0.4, 0.5) is 0 Å². The van der Waals surface area contributed by atoms with E-state index >= 15 is 0 Å². The number of nitrogens with zero attached hydrogens (tertiary/aromatic N) is 1. The average molecular weight is 897 g/mol. The highest BCUT2D eigenvalue weighted by atomic mass is 15.0. The monoisotopic (exact) mass is 896 g/mol. The predicted molar refractivity (Wildman–Crippen MR) is 297 cm³/mol. The maximum absolute atomic E-state index is 4.59. The molecule has 0 spiro atoms. The number of rotatable bonds is 4. The van der Waals surface area contributed by atoms with Crippen molar-refractivity contribution in [3.63, 3.8) is 0 Å². The molecule has 11 aromatic carbocycles. The largest absolute Gasteiger partial charge is 0.309 e. The summed E-state index contributed by atoms with van der Waals surface area (Å²) in [6.07, 6.45) is 9.95. The van der Waals surface area contributed by atoms with Crippen LogP contribution in [0.2, 0.25) is 0 Å². The van der Waals surface area contributed by atoms with E-state index in [1.165, 1.54) is 131 Å². The Morgan fingerprint density at radius 2 is 1.06 bits per heavy atom. The molecular formula is C68H52N2. The van der Waals surface area contributed by atoms with Gasteiger partial charge in [0.05, 0.1) is 16.7 Å². The molecule has 4 unspecified atom stereocenters. The molecule has 2 heterocycles. The Hall–Kier alpha value is -7.78. The number of benzene rings is 11. The van der Waals surface area contributed by atoms with Crippen LogP contribution in [0.5, 0.6) is 0 Å². The first-order valence-electron chi connectivity index (χ1n) is 25.6. The van der Waals surface area contributed by atoms with E-state index in [2.05, 4.69) is 223 Å². The van der Waals surface area contributed by atoms with E-state index in [-0.39, 0.29) is 12.1 Å². The van der Waals surface area contributed by atoms with Gasteiger partial charge >= 0.3 is 0 Å². The molecule has 1 saturated heterocycles. The zero-order valence-electron chi connectivity index (χ0n) is 39.4. The van der Waals surface area contributed by atoms with Gasteiger partial charge in [-0.15, -0.1) is 0 Å². The van der Waals surface area contributed by atoms with Crippen LogP contribution in [-0.2, 0) is 12.8 Å². The Balaban J connectivity index is 1.00. The molecule has 0 saturated carbocycles. The van der Waals surface area contributed by atoms with Crippen molar-refractivity contribution in [2.45, 2.75) is 57.0 Å². The third-order valence-electron chi connectivity index (χ3n) is 16.9. The van der Waals surface area contributed by atoms with Gasteiger partial charge < -0.3 is 9.88 Å². The number of hydrogen-bond acceptors (Lipinski definition) is 1. The smallest absolute Gasteiger partial charge is 0.0547 e. The van der Waals surface area contributed by atoms with E-state index in [1.807, 2.05) is 0 Å². The van der Waals surface area contributed by atoms with Crippen LogP contribution in [0, 0.1) is 5.92 Å². The summed E-state index contributed by atoms with van der Waals surface area (Å²) in [6.45, 7) is 2.53. The molecule has 70 heavy (non-hydrogen) atoms. The fraction of sp³-hybridized carbons (Fsp3) is 0.147. The fourth-order valence-corrected chi connectivity index (χ4v) is 13.5. The molecule has 1 aliphatic heterocycles. The molecule has 1 aromatic heterocycles. The van der Waals surface area contributed by atoms with Crippen LogP contribution >= 0.6 is 0 Å². The molecule has 2 nitrogen and oxygen atoms in total. The molecule has 334 valence electrons. The topological polar surface area (TPSA) is 17.0 Å². The highest BCUT2D eigenvalue weighted by molar-refractivity contribution is 6.17. The summed E-state index contributed by atoms with van der Waals surface area (Å²) >= 11 is 0. The fourth-order valence-electron chi connectivity index (χ4n) is 13.5. The summed E-state index contributed by atoms with van der Waals surface area (Å²) in [5.41, 5.74) is 16.6. The highest BCUT2D eigenvalue weighted by Gasteiger charge is 2.37. The lowest BCUT2D eigenvalue weighted by Gasteiger charge is -2.33. The van der Waals surface area contributed by atoms with E-state index in [4.69, 9.17) is 0 Å². The van der Waals surface area contributed by atoms with Crippen LogP contribution in [0.1, 0.15) is 83.1 Å². The minimum Gasteiger partial charge on any atom is -0.309 e. The zero-order chi connectivity index (χ0) is 46.0. The molecule has 1 fully saturated rings. The molecule has 12 aromatic rings. The second kappa shape index (κ2) is 15.6. The van der Waals surface area contributed by atoms with Gasteiger partial charge in [-0.2, -0.15) is 0 Å². The van der Waals surface area contributed by atoms with Crippen LogP contribution in [0.3, 0.4) is 0 Å². The maximum atomic E-state index is 4.59. The Kier molecular flexibility index (Phi) is 8.96. The van der Waals surface area contributed by atoms with E-state index in [9.17, 15) is 0 Å². The highest BCUT2D eigenvalue weighted by Crippen LogP contribution is 2.50. The van der Waals surface area contributed by atoms with Gasteiger partial charge in [-0.05, 0) is 196 Å². The van der Waals surface area contributed by atoms with Crippen molar-refractivity contribution < 1.29 is 0 Å². The average Bonchev–Trinajstić information content (AvgIpc) is 3.84. The number of hydrogen-bond donors (Lipinski definition) is 1. The third kappa shape index (κ3) is 6.22. The summed E-state index contributed by atoms with van der Waals surface area (Å²) in [5, 5.41) is 20.1. The van der Waals surface area contributed by atoms with Crippen molar-refractivity contribution in [1.29, 1.82) is 0 Å². The van der Waals surface area contributed by atoms with Gasteiger partial charge in [-0.1, -0.05) is 165 Å². The van der Waals surface area contributed by atoms with E-state index in [0.717, 1.165) is 32.1 Å². The van der Waals surface area contributed by atoms with E-state index < -0.39 is 0 Å². The van der Waals surface area contributed by atoms with E-state index in [0.29, 0.717) is 11.8 Å². The Morgan fingerprint density at radius 3 is 1.79 bits per heavy atom. The Bertz CT molecular complexity index is 4090. The van der Waals surface area contributed by atoms with Gasteiger partial charge in [0.25, 0.3) is 0 Å². The van der Waals surface area contributed by atoms with Crippen molar-refractivity contribution in [3.8, 4) is 16.8 Å². The zero-order valence-corrected chi connectivity index (χ0v) is 39.4. The van der Waals surface area contributed by atoms with Gasteiger partial charge in [-0.3, -0.25) is 0 Å². The van der Waals surface area contributed by atoms with Crippen LogP contribution in [0.15, 0.2) is 200 Å². The Labute approximate surface area is 408 Å². The number of aromatic nitrogens is 1. The second-order valence-corrected chi connectivity index (χ2v) is 20.7. The van der Waals surface area contributed by atoms with Crippen molar-refractivity contribution >= 4 is 81.7 Å². The summed E-state index contributed by atoms with van der Waals surface area (Å²) in [7, 11) is 0. The molecule has 4 atom stereocenters. The summed E-state index contributed by atoms with van der Waals surface area (Å²) in [5.74, 6) is 0.624. The first-order chi connectivity index (χ1) is 34.6. The van der Waals surface area contributed by atoms with Crippen molar-refractivity contribution in [3.05, 3.63) is 239 Å². The SMILES string of the molecule is CC1C(c2ccc3ccccc3c2)CCC(c2cc3c(cc2-n2c4cc5ccccc5cc4c4cc5ccccc5cc42)Cc2cc4c(cc2-3)C=CCC4)NC1c1cc2ccccc2c2ccccc12. The molecule has 0 amide bonds. The second-order valence-electron chi connectivity index (χ2n) is 20.7. The lowest BCUT2D eigenvalue weighted by Crippen LogP contribution is -2.31. The number of allylic oxidation sites excluding steroid dienone is 1. The molecule has 2 aliphatic carbocycles. The van der Waals surface area contributed by atoms with Gasteiger partial charge in [0.15, 0.2) is 0 Å². The minimum absolute atomic E-state index is 0.0541. The van der Waals surface area contributed by atoms with Crippen molar-refractivity contribution in [1.82, 2.24) is 9.88 Å². The first kappa shape index (κ1) is 40.1. The molecule has 0 radical (unpaired) electrons. The molecule has 15 rings (SSSR count). The van der Waals surface area contributed by atoms with Crippen molar-refractivity contribution in [2.75, 3.05) is 0 Å². The van der Waals surface area contributed by atoms with Gasteiger partial charge in [0.1, 0.15) is 0 Å². The van der Waals surface area contributed by atoms with Gasteiger partial charge in [-0.25, -0.2) is 0 Å². The van der Waals surface area contributed by atoms with Crippen LogP contribution in [-0.4, -0.2) is 4.57 Å². The first-order valence-corrected chi connectivity index (χ1v) is 25.6. The quantitative estimate of drug-likeness (QED) is 0.174. The van der Waals surface area contributed by atoms with Crippen LogP contribution in [0.25, 0.3) is 98.6 Å². The van der Waals surface area contributed by atoms with Crippen LogP contribution < -0.4 is 5.32 Å². The van der Waals surface area contributed by atoms with Gasteiger partial charge in [0, 0.05) is 22.9 Å². The van der Waals surface area contributed by atoms with E-state index in [1.54, 1.807) is 0 Å². The lowest BCUT2D eigenvalue weighted by molar-refractivity contribution is 0.345. The standard InChI is InChI=1S/C68H52N2/c1-41-54(51-27-26-42-14-2-3-15-43(42)30-51)28-29-64(69-68(41)62-36-50-22-10-11-23-55(50)56-24-12-13-25-57(56)62)63-40-59-53(32-52-31-44-16-4-5-17-45(44)33-58(52)59)39-67(63)70-65-37-48-20-8-6-18-46(48)34-60(65)61-35-47-19-7-9-21-49(47)38-66(61)70/h2-3,5-15,17-27,30-31,33-41,54,64,68-69H,4,16,28-29,32H2,1H3. The summed E-state index contributed by atoms with van der Waals surface area (Å²) < 4.78 is 2.66. The molecular weight excluding hydrogens is 845 g/mol. The molecule has 0 bridgehead atoms. The number of nitrogens with one attached hydrogen (secondary N) is 1. The Morgan fingerprint density at radius 1 is 0.457 bits per heavy atom. The lowest BCUT2D eigenvalue weighted by atomic mass is 9.77. The van der Waals surface area contributed by atoms with Crippen molar-refractivity contribution in [2.24, 2.45) is 5.92 Å². The molecule has 3 aliphatic rings. The minimum atomic E-state index is 0.0541. The maximum Gasteiger partial charge on any atom is 0.0547 e.